The van der Waals surface area contributed by atoms with Crippen LogP contribution in [0.25, 0.3) is 0 Å². The first-order valence-corrected chi connectivity index (χ1v) is 10.7. The van der Waals surface area contributed by atoms with Crippen LogP contribution in [0.15, 0.2) is 46.8 Å². The summed E-state index contributed by atoms with van der Waals surface area (Å²) in [6, 6.07) is 12.7. The zero-order valence-corrected chi connectivity index (χ0v) is 18.2. The number of hydrogen-bond donors (Lipinski definition) is 2. The molecule has 30 heavy (non-hydrogen) atoms. The number of carbonyl (C=O) groups excluding carboxylic acids is 2. The number of nitrogens with one attached hydrogen (secondary N) is 2. The number of ether oxygens (including phenoxy) is 2. The second-order valence-corrected chi connectivity index (χ2v) is 8.27. The van der Waals surface area contributed by atoms with Crippen molar-refractivity contribution >= 4 is 45.7 Å². The number of anilines is 2. The van der Waals surface area contributed by atoms with Crippen LogP contribution in [0.4, 0.5) is 10.8 Å². The molecule has 3 aromatic rings. The van der Waals surface area contributed by atoms with E-state index in [2.05, 4.69) is 20.8 Å². The number of methoxy groups -OCH3 is 2. The van der Waals surface area contributed by atoms with Crippen molar-refractivity contribution in [3.05, 3.63) is 53.6 Å². The molecule has 10 heteroatoms. The molecule has 0 atom stereocenters. The van der Waals surface area contributed by atoms with E-state index in [0.29, 0.717) is 21.0 Å². The monoisotopic (exact) mass is 444 g/mol. The number of benzene rings is 2. The van der Waals surface area contributed by atoms with Crippen LogP contribution < -0.4 is 20.1 Å². The highest BCUT2D eigenvalue weighted by molar-refractivity contribution is 8.01. The summed E-state index contributed by atoms with van der Waals surface area (Å²) in [4.78, 5) is 24.8. The van der Waals surface area contributed by atoms with Gasteiger partial charge in [0.25, 0.3) is 5.91 Å². The molecular weight excluding hydrogens is 424 g/mol. The predicted molar refractivity (Wildman–Crippen MR) is 118 cm³/mol. The van der Waals surface area contributed by atoms with Gasteiger partial charge in [0.2, 0.25) is 11.0 Å². The number of thioether (sulfide) groups is 1. The van der Waals surface area contributed by atoms with Crippen LogP contribution in [0.5, 0.6) is 11.5 Å². The van der Waals surface area contributed by atoms with Crippen molar-refractivity contribution < 1.29 is 19.1 Å². The van der Waals surface area contributed by atoms with Gasteiger partial charge in [0, 0.05) is 5.69 Å². The van der Waals surface area contributed by atoms with Gasteiger partial charge in [-0.3, -0.25) is 14.9 Å². The largest absolute Gasteiger partial charge is 0.496 e. The van der Waals surface area contributed by atoms with Gasteiger partial charge in [0.1, 0.15) is 17.1 Å². The SMILES string of the molecule is COc1cccc(OC)c1C(=O)Nc1nnc(SCC(=O)Nc2cccc(C)c2)s1. The maximum Gasteiger partial charge on any atom is 0.265 e. The zero-order valence-electron chi connectivity index (χ0n) is 16.6. The van der Waals surface area contributed by atoms with Crippen LogP contribution in [0.1, 0.15) is 15.9 Å². The molecular formula is C20H20N4O4S2. The molecule has 0 aliphatic heterocycles. The van der Waals surface area contributed by atoms with E-state index in [1.165, 1.54) is 37.3 Å². The molecule has 0 unspecified atom stereocenters. The number of hydrogen-bond acceptors (Lipinski definition) is 8. The Morgan fingerprint density at radius 1 is 1.03 bits per heavy atom. The fraction of sp³-hybridized carbons (Fsp3) is 0.200. The summed E-state index contributed by atoms with van der Waals surface area (Å²) in [5, 5.41) is 13.8. The van der Waals surface area contributed by atoms with Gasteiger partial charge in [-0.2, -0.15) is 0 Å². The summed E-state index contributed by atoms with van der Waals surface area (Å²) >= 11 is 2.42. The van der Waals surface area contributed by atoms with E-state index in [-0.39, 0.29) is 17.2 Å². The van der Waals surface area contributed by atoms with Gasteiger partial charge in [-0.25, -0.2) is 0 Å². The van der Waals surface area contributed by atoms with Gasteiger partial charge in [-0.05, 0) is 36.8 Å². The van der Waals surface area contributed by atoms with Gasteiger partial charge >= 0.3 is 0 Å². The lowest BCUT2D eigenvalue weighted by Crippen LogP contribution is -2.14. The minimum Gasteiger partial charge on any atom is -0.496 e. The molecule has 0 radical (unpaired) electrons. The Labute approximate surface area is 182 Å². The molecule has 1 heterocycles. The second kappa shape index (κ2) is 10.1. The molecule has 2 N–H and O–H groups in total. The van der Waals surface area contributed by atoms with Gasteiger partial charge in [-0.1, -0.05) is 41.3 Å². The normalized spacial score (nSPS) is 10.4. The molecule has 2 amide bonds. The molecule has 156 valence electrons. The summed E-state index contributed by atoms with van der Waals surface area (Å²) in [6.45, 7) is 1.96. The smallest absolute Gasteiger partial charge is 0.265 e. The van der Waals surface area contributed by atoms with Crippen molar-refractivity contribution in [2.45, 2.75) is 11.3 Å². The van der Waals surface area contributed by atoms with Gasteiger partial charge in [0.05, 0.1) is 20.0 Å². The number of rotatable bonds is 8. The van der Waals surface area contributed by atoms with Crippen molar-refractivity contribution in [2.24, 2.45) is 0 Å². The summed E-state index contributed by atoms with van der Waals surface area (Å²) in [5.41, 5.74) is 2.08. The van der Waals surface area contributed by atoms with Crippen molar-refractivity contribution in [3.8, 4) is 11.5 Å². The number of aryl methyl sites for hydroxylation is 1. The van der Waals surface area contributed by atoms with E-state index in [9.17, 15) is 9.59 Å². The first-order chi connectivity index (χ1) is 14.5. The summed E-state index contributed by atoms with van der Waals surface area (Å²) in [6.07, 6.45) is 0. The van der Waals surface area contributed by atoms with E-state index in [4.69, 9.17) is 9.47 Å². The molecule has 0 saturated carbocycles. The van der Waals surface area contributed by atoms with E-state index in [0.717, 1.165) is 11.3 Å². The highest BCUT2D eigenvalue weighted by Crippen LogP contribution is 2.31. The highest BCUT2D eigenvalue weighted by atomic mass is 32.2. The Kier molecular flexibility index (Phi) is 7.26. The first-order valence-electron chi connectivity index (χ1n) is 8.85. The van der Waals surface area contributed by atoms with Crippen LogP contribution in [-0.2, 0) is 4.79 Å². The molecule has 0 bridgehead atoms. The fourth-order valence-electron chi connectivity index (χ4n) is 2.60. The average Bonchev–Trinajstić information content (AvgIpc) is 3.18. The van der Waals surface area contributed by atoms with Crippen LogP contribution >= 0.6 is 23.1 Å². The standard InChI is InChI=1S/C20H20N4O4S2/c1-12-6-4-7-13(10-12)21-16(25)11-29-20-24-23-19(30-20)22-18(26)17-14(27-2)8-5-9-15(17)28-3/h4-10H,11H2,1-3H3,(H,21,25)(H,22,23,26). The Bertz CT molecular complexity index is 1030. The van der Waals surface area contributed by atoms with E-state index in [1.807, 2.05) is 31.2 Å². The Morgan fingerprint density at radius 2 is 1.73 bits per heavy atom. The average molecular weight is 445 g/mol. The van der Waals surface area contributed by atoms with Gasteiger partial charge in [0.15, 0.2) is 4.34 Å². The summed E-state index contributed by atoms with van der Waals surface area (Å²) in [5.74, 6) is 0.383. The molecule has 1 aromatic heterocycles. The zero-order chi connectivity index (χ0) is 21.5. The van der Waals surface area contributed by atoms with Crippen molar-refractivity contribution in [1.82, 2.24) is 10.2 Å². The van der Waals surface area contributed by atoms with E-state index in [1.54, 1.807) is 18.2 Å². The first kappa shape index (κ1) is 21.6. The molecule has 0 fully saturated rings. The molecule has 2 aromatic carbocycles. The number of carbonyl (C=O) groups is 2. The number of nitrogens with zero attached hydrogens (tertiary/aromatic N) is 2. The van der Waals surface area contributed by atoms with Crippen molar-refractivity contribution in [3.63, 3.8) is 0 Å². The predicted octanol–water partition coefficient (Wildman–Crippen LogP) is 3.85. The van der Waals surface area contributed by atoms with Crippen LogP contribution in [0, 0.1) is 6.92 Å². The number of aromatic nitrogens is 2. The van der Waals surface area contributed by atoms with Gasteiger partial charge < -0.3 is 14.8 Å². The third kappa shape index (κ3) is 5.49. The van der Waals surface area contributed by atoms with E-state index < -0.39 is 5.91 Å². The molecule has 0 aliphatic rings. The maximum atomic E-state index is 12.7. The Hall–Kier alpha value is -3.11. The Morgan fingerprint density at radius 3 is 2.40 bits per heavy atom. The lowest BCUT2D eigenvalue weighted by Gasteiger charge is -2.11. The lowest BCUT2D eigenvalue weighted by atomic mass is 10.1. The fourth-order valence-corrected chi connectivity index (χ4v) is 4.15. The molecule has 0 aliphatic carbocycles. The second-order valence-electron chi connectivity index (χ2n) is 6.07. The summed E-state index contributed by atoms with van der Waals surface area (Å²) in [7, 11) is 2.96. The Balaban J connectivity index is 1.59. The van der Waals surface area contributed by atoms with Crippen LogP contribution in [-0.4, -0.2) is 42.0 Å². The van der Waals surface area contributed by atoms with E-state index >= 15 is 0 Å². The quantitative estimate of drug-likeness (QED) is 0.402. The minimum absolute atomic E-state index is 0.148. The van der Waals surface area contributed by atoms with Crippen LogP contribution in [0.3, 0.4) is 0 Å². The third-order valence-corrected chi connectivity index (χ3v) is 5.88. The topological polar surface area (TPSA) is 102 Å². The molecule has 3 rings (SSSR count). The maximum absolute atomic E-state index is 12.7. The lowest BCUT2D eigenvalue weighted by molar-refractivity contribution is -0.113. The van der Waals surface area contributed by atoms with Gasteiger partial charge in [-0.15, -0.1) is 10.2 Å². The molecule has 0 saturated heterocycles. The third-order valence-electron chi connectivity index (χ3n) is 3.91. The number of amides is 2. The van der Waals surface area contributed by atoms with Crippen molar-refractivity contribution in [2.75, 3.05) is 30.6 Å². The van der Waals surface area contributed by atoms with Crippen LogP contribution in [0.2, 0.25) is 0 Å². The molecule has 8 nitrogen and oxygen atoms in total. The summed E-state index contributed by atoms with van der Waals surface area (Å²) < 4.78 is 11.1. The highest BCUT2D eigenvalue weighted by Gasteiger charge is 2.20. The molecule has 0 spiro atoms. The minimum atomic E-state index is -0.422. The van der Waals surface area contributed by atoms with Crippen molar-refractivity contribution in [1.29, 1.82) is 0 Å².